The van der Waals surface area contributed by atoms with Gasteiger partial charge < -0.3 is 30.6 Å². The molecule has 0 fully saturated rings. The molecule has 0 aliphatic heterocycles. The highest BCUT2D eigenvalue weighted by molar-refractivity contribution is 5.85. The monoisotopic (exact) mass is 266 g/mol. The lowest BCUT2D eigenvalue weighted by Gasteiger charge is -2.35. The van der Waals surface area contributed by atoms with Gasteiger partial charge in [-0.3, -0.25) is 0 Å². The Morgan fingerprint density at radius 1 is 1.28 bits per heavy atom. The Hall–Kier alpha value is -0.990. The van der Waals surface area contributed by atoms with E-state index < -0.39 is 23.6 Å². The number of carbonyl (C=O) groups is 1. The summed E-state index contributed by atoms with van der Waals surface area (Å²) in [6.07, 6.45) is -0.00558. The van der Waals surface area contributed by atoms with Crippen molar-refractivity contribution in [1.82, 2.24) is 0 Å². The summed E-state index contributed by atoms with van der Waals surface area (Å²) in [6.45, 7) is 5.52. The topological polar surface area (TPSA) is 138 Å². The van der Waals surface area contributed by atoms with Crippen molar-refractivity contribution in [3.63, 3.8) is 0 Å². The molecule has 7 heteroatoms. The fourth-order valence-corrected chi connectivity index (χ4v) is 0.724. The van der Waals surface area contributed by atoms with Gasteiger partial charge >= 0.3 is 5.97 Å². The van der Waals surface area contributed by atoms with Crippen LogP contribution < -0.4 is 0 Å². The summed E-state index contributed by atoms with van der Waals surface area (Å²) in [6, 6.07) is 0. The fourth-order valence-electron chi connectivity index (χ4n) is 0.724. The lowest BCUT2D eigenvalue weighted by atomic mass is 10.00. The first kappa shape index (κ1) is 19.4. The Morgan fingerprint density at radius 2 is 1.67 bits per heavy atom. The molecule has 0 bridgehead atoms. The van der Waals surface area contributed by atoms with Crippen LogP contribution in [0, 0.1) is 0 Å². The third kappa shape index (κ3) is 6.08. The number of carboxylic acid groups (broad SMARTS) is 1. The molecule has 18 heavy (non-hydrogen) atoms. The van der Waals surface area contributed by atoms with Gasteiger partial charge in [-0.05, 0) is 27.2 Å². The average molecular weight is 266 g/mol. The largest absolute Gasteiger partial charge is 0.478 e. The number of aliphatic carboxylic acids is 1. The van der Waals surface area contributed by atoms with Crippen LogP contribution in [0.3, 0.4) is 0 Å². The van der Waals surface area contributed by atoms with E-state index in [2.05, 4.69) is 0 Å². The van der Waals surface area contributed by atoms with Crippen molar-refractivity contribution in [2.45, 2.75) is 51.8 Å². The third-order valence-corrected chi connectivity index (χ3v) is 2.32. The van der Waals surface area contributed by atoms with Crippen LogP contribution in [0.4, 0.5) is 0 Å². The van der Waals surface area contributed by atoms with Crippen LogP contribution in [-0.4, -0.2) is 54.3 Å². The van der Waals surface area contributed by atoms with E-state index in [-0.39, 0.29) is 6.42 Å². The summed E-state index contributed by atoms with van der Waals surface area (Å²) in [5, 5.41) is 52.4. The zero-order valence-electron chi connectivity index (χ0n) is 11.0. The summed E-state index contributed by atoms with van der Waals surface area (Å²) in [4.78, 5) is 9.86. The van der Waals surface area contributed by atoms with Gasteiger partial charge in [0, 0.05) is 5.57 Å². The maximum Gasteiger partial charge on any atom is 0.330 e. The van der Waals surface area contributed by atoms with Gasteiger partial charge in [0.25, 0.3) is 0 Å². The van der Waals surface area contributed by atoms with Gasteiger partial charge in [-0.15, -0.1) is 0 Å². The molecule has 0 amide bonds. The summed E-state index contributed by atoms with van der Waals surface area (Å²) in [5.74, 6) is -6.45. The Labute approximate surface area is 106 Å². The van der Waals surface area contributed by atoms with Crippen molar-refractivity contribution in [2.24, 2.45) is 0 Å². The molecule has 0 radical (unpaired) electrons. The minimum atomic E-state index is -2.89. The van der Waals surface area contributed by atoms with Crippen LogP contribution in [0.1, 0.15) is 34.1 Å². The second kappa shape index (κ2) is 7.45. The van der Waals surface area contributed by atoms with E-state index in [1.165, 1.54) is 6.92 Å². The number of allylic oxidation sites excluding steroid dienone is 1. The van der Waals surface area contributed by atoms with Crippen molar-refractivity contribution in [1.29, 1.82) is 0 Å². The average Bonchev–Trinajstić information content (AvgIpc) is 2.25. The second-order valence-electron chi connectivity index (χ2n) is 3.95. The van der Waals surface area contributed by atoms with E-state index in [1.54, 1.807) is 19.9 Å². The smallest absolute Gasteiger partial charge is 0.330 e. The van der Waals surface area contributed by atoms with E-state index in [4.69, 9.17) is 30.6 Å². The molecule has 0 aromatic heterocycles. The standard InChI is InChI=1S/C6H14O5.C5H8O2/c1-3-4(7)6(10,11)5(2,8)9;1-3-4(2)5(6)7/h4,7-11H,3H2,1-2H3;3H,1-2H3,(H,6,7). The zero-order chi connectivity index (χ0) is 15.1. The molecule has 6 N–H and O–H groups in total. The fraction of sp³-hybridized carbons (Fsp3) is 0.727. The van der Waals surface area contributed by atoms with Gasteiger partial charge in [0.15, 0.2) is 0 Å². The van der Waals surface area contributed by atoms with E-state index in [1.807, 2.05) is 0 Å². The molecular formula is C11H22O7. The van der Waals surface area contributed by atoms with Crippen molar-refractivity contribution in [3.05, 3.63) is 11.6 Å². The summed E-state index contributed by atoms with van der Waals surface area (Å²) >= 11 is 0. The summed E-state index contributed by atoms with van der Waals surface area (Å²) in [5.41, 5.74) is 0.389. The highest BCUT2D eigenvalue weighted by Gasteiger charge is 2.48. The molecule has 0 spiro atoms. The van der Waals surface area contributed by atoms with Crippen molar-refractivity contribution >= 4 is 5.97 Å². The molecule has 108 valence electrons. The molecule has 0 aromatic carbocycles. The maximum atomic E-state index is 9.86. The van der Waals surface area contributed by atoms with Crippen molar-refractivity contribution in [2.75, 3.05) is 0 Å². The lowest BCUT2D eigenvalue weighted by Crippen LogP contribution is -2.59. The molecule has 1 unspecified atom stereocenters. The van der Waals surface area contributed by atoms with E-state index in [9.17, 15) is 4.79 Å². The predicted molar refractivity (Wildman–Crippen MR) is 63.4 cm³/mol. The number of hydrogen-bond donors (Lipinski definition) is 6. The molecule has 0 rings (SSSR count). The van der Waals surface area contributed by atoms with Crippen LogP contribution in [0.2, 0.25) is 0 Å². The Bertz CT molecular complexity index is 288. The third-order valence-electron chi connectivity index (χ3n) is 2.32. The number of aliphatic hydroxyl groups is 5. The van der Waals surface area contributed by atoms with Gasteiger partial charge in [0.1, 0.15) is 6.10 Å². The second-order valence-corrected chi connectivity index (χ2v) is 3.95. The quantitative estimate of drug-likeness (QED) is 0.288. The van der Waals surface area contributed by atoms with E-state index in [0.717, 1.165) is 6.92 Å². The summed E-state index contributed by atoms with van der Waals surface area (Å²) in [7, 11) is 0. The Balaban J connectivity index is 0. The first-order valence-electron chi connectivity index (χ1n) is 5.35. The van der Waals surface area contributed by atoms with Gasteiger partial charge in [0.2, 0.25) is 11.6 Å². The van der Waals surface area contributed by atoms with Crippen LogP contribution >= 0.6 is 0 Å². The highest BCUT2D eigenvalue weighted by Crippen LogP contribution is 2.21. The van der Waals surface area contributed by atoms with Crippen LogP contribution in [0.25, 0.3) is 0 Å². The zero-order valence-corrected chi connectivity index (χ0v) is 11.0. The van der Waals surface area contributed by atoms with Crippen LogP contribution in [0.15, 0.2) is 11.6 Å². The van der Waals surface area contributed by atoms with Crippen LogP contribution in [0.5, 0.6) is 0 Å². The lowest BCUT2D eigenvalue weighted by molar-refractivity contribution is -0.376. The first-order valence-corrected chi connectivity index (χ1v) is 5.35. The minimum absolute atomic E-state index is 0.0176. The molecule has 0 aliphatic rings. The van der Waals surface area contributed by atoms with Crippen LogP contribution in [-0.2, 0) is 4.79 Å². The predicted octanol–water partition coefficient (Wildman–Crippen LogP) is -0.824. The number of aliphatic hydroxyl groups excluding tert-OH is 1. The summed E-state index contributed by atoms with van der Waals surface area (Å²) < 4.78 is 0. The first-order chi connectivity index (χ1) is 7.91. The van der Waals surface area contributed by atoms with Crippen molar-refractivity contribution in [3.8, 4) is 0 Å². The molecule has 0 heterocycles. The number of hydrogen-bond acceptors (Lipinski definition) is 6. The minimum Gasteiger partial charge on any atom is -0.478 e. The SMILES string of the molecule is CC=C(C)C(=O)O.CCC(O)C(O)(O)C(C)(O)O. The maximum absolute atomic E-state index is 9.86. The van der Waals surface area contributed by atoms with Gasteiger partial charge in [0.05, 0.1) is 0 Å². The molecule has 0 saturated carbocycles. The number of carboxylic acids is 1. The van der Waals surface area contributed by atoms with Gasteiger partial charge in [-0.25, -0.2) is 4.79 Å². The normalized spacial score (nSPS) is 14.6. The highest BCUT2D eigenvalue weighted by atomic mass is 16.6. The van der Waals surface area contributed by atoms with Gasteiger partial charge in [-0.1, -0.05) is 13.0 Å². The number of rotatable bonds is 4. The molecular weight excluding hydrogens is 244 g/mol. The van der Waals surface area contributed by atoms with E-state index in [0.29, 0.717) is 5.57 Å². The molecule has 0 aromatic rings. The van der Waals surface area contributed by atoms with Gasteiger partial charge in [-0.2, -0.15) is 0 Å². The Kier molecular flexibility index (Phi) is 8.01. The molecule has 0 aliphatic carbocycles. The molecule has 7 nitrogen and oxygen atoms in total. The molecule has 1 atom stereocenters. The Morgan fingerprint density at radius 3 is 1.72 bits per heavy atom. The van der Waals surface area contributed by atoms with Crippen molar-refractivity contribution < 1.29 is 35.4 Å². The molecule has 0 saturated heterocycles. The van der Waals surface area contributed by atoms with E-state index >= 15 is 0 Å².